The lowest BCUT2D eigenvalue weighted by molar-refractivity contribution is 0.00313. The third-order valence-electron chi connectivity index (χ3n) is 2.72. The van der Waals surface area contributed by atoms with Crippen LogP contribution in [0.15, 0.2) is 22.4 Å². The number of thioether (sulfide) groups is 1. The van der Waals surface area contributed by atoms with Crippen LogP contribution < -0.4 is 4.72 Å². The molecule has 0 fully saturated rings. The average molecular weight is 273 g/mol. The molecule has 4 nitrogen and oxygen atoms in total. The lowest BCUT2D eigenvalue weighted by Gasteiger charge is -2.23. The molecule has 2 aliphatic rings. The molecular formula is C11H19N3OS2. The van der Waals surface area contributed by atoms with Gasteiger partial charge < -0.3 is 9.62 Å². The van der Waals surface area contributed by atoms with E-state index in [2.05, 4.69) is 29.7 Å². The number of nitrogens with zero attached hydrogens (tertiary/aromatic N) is 2. The van der Waals surface area contributed by atoms with Crippen LogP contribution >= 0.6 is 23.9 Å². The number of nitrogens with one attached hydrogen (secondary N) is 1. The first-order valence-corrected chi connectivity index (χ1v) is 7.54. The Balaban J connectivity index is 2.21. The summed E-state index contributed by atoms with van der Waals surface area (Å²) in [7, 11) is 3.87. The smallest absolute Gasteiger partial charge is 0.136 e. The van der Waals surface area contributed by atoms with Gasteiger partial charge in [0.15, 0.2) is 0 Å². The molecule has 0 amide bonds. The van der Waals surface area contributed by atoms with Gasteiger partial charge in [-0.15, -0.1) is 11.8 Å². The van der Waals surface area contributed by atoms with Crippen molar-refractivity contribution in [3.8, 4) is 0 Å². The Bertz CT molecular complexity index is 344. The van der Waals surface area contributed by atoms with Gasteiger partial charge in [0.05, 0.1) is 24.9 Å². The second kappa shape index (κ2) is 6.04. The molecule has 0 aromatic carbocycles. The van der Waals surface area contributed by atoms with Gasteiger partial charge in [-0.3, -0.25) is 4.84 Å². The molecule has 0 spiro atoms. The summed E-state index contributed by atoms with van der Waals surface area (Å²) in [6.45, 7) is 4.32. The van der Waals surface area contributed by atoms with Gasteiger partial charge in [-0.25, -0.2) is 0 Å². The van der Waals surface area contributed by atoms with Crippen molar-refractivity contribution in [2.24, 2.45) is 0 Å². The molecule has 0 aliphatic carbocycles. The fourth-order valence-corrected chi connectivity index (χ4v) is 3.69. The highest BCUT2D eigenvalue weighted by molar-refractivity contribution is 8.05. The van der Waals surface area contributed by atoms with Crippen LogP contribution in [0.2, 0.25) is 0 Å². The Hall–Kier alpha value is -0.300. The Morgan fingerprint density at radius 1 is 1.59 bits per heavy atom. The Morgan fingerprint density at radius 2 is 2.41 bits per heavy atom. The van der Waals surface area contributed by atoms with E-state index < -0.39 is 0 Å². The van der Waals surface area contributed by atoms with Gasteiger partial charge in [-0.05, 0) is 24.8 Å². The van der Waals surface area contributed by atoms with Gasteiger partial charge >= 0.3 is 0 Å². The summed E-state index contributed by atoms with van der Waals surface area (Å²) in [5, 5.41) is 1.18. The van der Waals surface area contributed by atoms with Crippen molar-refractivity contribution in [1.29, 1.82) is 0 Å². The van der Waals surface area contributed by atoms with Crippen molar-refractivity contribution in [3.63, 3.8) is 0 Å². The number of hydrogen-bond acceptors (Lipinski definition) is 6. The van der Waals surface area contributed by atoms with Gasteiger partial charge in [-0.2, -0.15) is 4.47 Å². The quantitative estimate of drug-likeness (QED) is 0.790. The highest BCUT2D eigenvalue weighted by Crippen LogP contribution is 2.37. The molecule has 0 saturated carbocycles. The van der Waals surface area contributed by atoms with Crippen molar-refractivity contribution >= 4 is 23.9 Å². The molecule has 2 aliphatic heterocycles. The number of rotatable bonds is 4. The molecule has 0 radical (unpaired) electrons. The fourth-order valence-electron chi connectivity index (χ4n) is 1.92. The van der Waals surface area contributed by atoms with Crippen LogP contribution in [0.25, 0.3) is 0 Å². The largest absolute Gasteiger partial charge is 0.307 e. The number of hydrogen-bond donors (Lipinski definition) is 1. The van der Waals surface area contributed by atoms with Crippen LogP contribution in [0.3, 0.4) is 0 Å². The Morgan fingerprint density at radius 3 is 3.06 bits per heavy atom. The maximum atomic E-state index is 5.34. The zero-order valence-electron chi connectivity index (χ0n) is 10.5. The minimum Gasteiger partial charge on any atom is -0.307 e. The zero-order valence-corrected chi connectivity index (χ0v) is 12.2. The second-order valence-corrected chi connectivity index (χ2v) is 5.97. The van der Waals surface area contributed by atoms with Crippen molar-refractivity contribution in [2.75, 3.05) is 33.0 Å². The van der Waals surface area contributed by atoms with Crippen molar-refractivity contribution in [3.05, 3.63) is 22.4 Å². The van der Waals surface area contributed by atoms with E-state index >= 15 is 0 Å². The van der Waals surface area contributed by atoms with E-state index in [0.29, 0.717) is 0 Å². The topological polar surface area (TPSA) is 27.7 Å². The van der Waals surface area contributed by atoms with Crippen molar-refractivity contribution < 1.29 is 4.84 Å². The molecule has 0 atom stereocenters. The maximum absolute atomic E-state index is 5.34. The maximum Gasteiger partial charge on any atom is 0.136 e. The zero-order chi connectivity index (χ0) is 12.3. The van der Waals surface area contributed by atoms with E-state index in [1.54, 1.807) is 7.11 Å². The monoisotopic (exact) mass is 273 g/mol. The summed E-state index contributed by atoms with van der Waals surface area (Å²) in [6.07, 6.45) is 3.46. The molecule has 0 aromatic heterocycles. The molecule has 17 heavy (non-hydrogen) atoms. The minimum absolute atomic E-state index is 1.01. The molecule has 2 heterocycles. The molecule has 6 heteroatoms. The first-order valence-electron chi connectivity index (χ1n) is 5.78. The Kier molecular flexibility index (Phi) is 4.67. The summed E-state index contributed by atoms with van der Waals surface area (Å²) in [5.74, 6) is 1.05. The van der Waals surface area contributed by atoms with Gasteiger partial charge in [0.2, 0.25) is 0 Å². The predicted octanol–water partition coefficient (Wildman–Crippen LogP) is 2.20. The van der Waals surface area contributed by atoms with Crippen LogP contribution in [0.5, 0.6) is 0 Å². The third-order valence-corrected chi connectivity index (χ3v) is 4.56. The first-order chi connectivity index (χ1) is 8.26. The minimum atomic E-state index is 1.01. The van der Waals surface area contributed by atoms with Crippen LogP contribution in [0.1, 0.15) is 13.3 Å². The van der Waals surface area contributed by atoms with Gasteiger partial charge in [-0.1, -0.05) is 13.0 Å². The summed E-state index contributed by atoms with van der Waals surface area (Å²) in [6, 6.07) is 0. The summed E-state index contributed by atoms with van der Waals surface area (Å²) in [5.41, 5.74) is 2.59. The van der Waals surface area contributed by atoms with Crippen LogP contribution in [-0.4, -0.2) is 42.4 Å². The second-order valence-electron chi connectivity index (χ2n) is 4.00. The van der Waals surface area contributed by atoms with Crippen molar-refractivity contribution in [2.45, 2.75) is 13.3 Å². The summed E-state index contributed by atoms with van der Waals surface area (Å²) < 4.78 is 5.21. The van der Waals surface area contributed by atoms with Gasteiger partial charge in [0, 0.05) is 13.1 Å². The molecule has 0 aromatic rings. The molecule has 2 rings (SSSR count). The normalized spacial score (nSPS) is 21.8. The molecular weight excluding hydrogens is 254 g/mol. The van der Waals surface area contributed by atoms with E-state index in [0.717, 1.165) is 25.3 Å². The third kappa shape index (κ3) is 2.93. The molecule has 96 valence electrons. The molecule has 0 saturated heterocycles. The highest BCUT2D eigenvalue weighted by Gasteiger charge is 2.27. The average Bonchev–Trinajstić information content (AvgIpc) is 2.72. The van der Waals surface area contributed by atoms with Crippen LogP contribution in [-0.2, 0) is 4.84 Å². The molecule has 1 N–H and O–H groups in total. The number of hydroxylamine groups is 1. The Labute approximate surface area is 112 Å². The number of likely N-dealkylation sites (N-methyl/N-ethyl adjacent to an activating group) is 1. The van der Waals surface area contributed by atoms with E-state index in [4.69, 9.17) is 4.84 Å². The van der Waals surface area contributed by atoms with E-state index in [1.165, 1.54) is 28.4 Å². The molecule has 0 bridgehead atoms. The van der Waals surface area contributed by atoms with Gasteiger partial charge in [0.1, 0.15) is 5.03 Å². The standard InChI is InChI=1S/C11H19N3OS2/c1-4-16-11-10(12-17-14(11)15-3)9-6-5-7-13(2)8-9/h6,12H,4-5,7-8H2,1-3H3. The van der Waals surface area contributed by atoms with Crippen LogP contribution in [0, 0.1) is 0 Å². The predicted molar refractivity (Wildman–Crippen MR) is 74.9 cm³/mol. The van der Waals surface area contributed by atoms with Crippen molar-refractivity contribution in [1.82, 2.24) is 14.1 Å². The van der Waals surface area contributed by atoms with E-state index in [9.17, 15) is 0 Å². The molecule has 0 unspecified atom stereocenters. The highest BCUT2D eigenvalue weighted by atomic mass is 32.2. The summed E-state index contributed by atoms with van der Waals surface area (Å²) >= 11 is 3.31. The summed E-state index contributed by atoms with van der Waals surface area (Å²) in [4.78, 5) is 7.68. The van der Waals surface area contributed by atoms with E-state index in [1.807, 2.05) is 16.2 Å². The lowest BCUT2D eigenvalue weighted by atomic mass is 10.1. The SMILES string of the molecule is CCSC1=C(C2=CCCN(C)C2)NSN1OC. The lowest BCUT2D eigenvalue weighted by Crippen LogP contribution is -2.27. The fraction of sp³-hybridized carbons (Fsp3) is 0.636. The van der Waals surface area contributed by atoms with E-state index in [-0.39, 0.29) is 0 Å². The first kappa shape index (κ1) is 13.1. The van der Waals surface area contributed by atoms with Gasteiger partial charge in [0.25, 0.3) is 0 Å². The van der Waals surface area contributed by atoms with Crippen LogP contribution in [0.4, 0.5) is 0 Å².